The van der Waals surface area contributed by atoms with Crippen LogP contribution in [0.3, 0.4) is 0 Å². The summed E-state index contributed by atoms with van der Waals surface area (Å²) in [7, 11) is 0. The number of hydrogen-bond donors (Lipinski definition) is 1. The predicted molar refractivity (Wildman–Crippen MR) is 54.8 cm³/mol. The molecule has 70 valence electrons. The van der Waals surface area contributed by atoms with Crippen LogP contribution in [0.5, 0.6) is 0 Å². The fraction of sp³-hybridized carbons (Fsp3) is 0.200. The van der Waals surface area contributed by atoms with Gasteiger partial charge in [0, 0.05) is 10.0 Å². The van der Waals surface area contributed by atoms with Crippen molar-refractivity contribution in [1.29, 1.82) is 0 Å². The third-order valence-corrected chi connectivity index (χ3v) is 2.11. The Morgan fingerprint density at radius 3 is 2.85 bits per heavy atom. The van der Waals surface area contributed by atoms with E-state index in [4.69, 9.17) is 5.11 Å². The second kappa shape index (κ2) is 4.53. The summed E-state index contributed by atoms with van der Waals surface area (Å²) in [5.41, 5.74) is 1.23. The molecule has 0 heterocycles. The van der Waals surface area contributed by atoms with Crippen LogP contribution in [0, 0.1) is 5.82 Å². The van der Waals surface area contributed by atoms with Gasteiger partial charge in [-0.05, 0) is 24.6 Å². The Kier molecular flexibility index (Phi) is 3.63. The topological polar surface area (TPSA) is 20.2 Å². The van der Waals surface area contributed by atoms with Crippen LogP contribution in [0.25, 0.3) is 6.08 Å². The Hall–Kier alpha value is -0.670. The van der Waals surface area contributed by atoms with E-state index in [1.54, 1.807) is 25.1 Å². The van der Waals surface area contributed by atoms with Crippen molar-refractivity contribution in [3.05, 3.63) is 39.6 Å². The van der Waals surface area contributed by atoms with Crippen LogP contribution in [-0.2, 0) is 0 Å². The van der Waals surface area contributed by atoms with Gasteiger partial charge < -0.3 is 5.11 Å². The molecule has 0 aliphatic rings. The van der Waals surface area contributed by atoms with Crippen LogP contribution in [0.15, 0.2) is 28.2 Å². The largest absolute Gasteiger partial charge is 0.392 e. The van der Waals surface area contributed by atoms with Crippen LogP contribution in [0.1, 0.15) is 12.5 Å². The van der Waals surface area contributed by atoms with E-state index in [2.05, 4.69) is 15.9 Å². The maximum atomic E-state index is 13.2. The number of hydrogen-bond acceptors (Lipinski definition) is 1. The first kappa shape index (κ1) is 10.4. The fourth-order valence-electron chi connectivity index (χ4n) is 0.930. The van der Waals surface area contributed by atoms with E-state index in [0.29, 0.717) is 10.0 Å². The van der Waals surface area contributed by atoms with Crippen molar-refractivity contribution in [3.8, 4) is 0 Å². The van der Waals surface area contributed by atoms with Gasteiger partial charge in [0.05, 0.1) is 6.61 Å². The Labute approximate surface area is 85.0 Å². The first-order valence-electron chi connectivity index (χ1n) is 3.86. The van der Waals surface area contributed by atoms with Gasteiger partial charge in [-0.2, -0.15) is 0 Å². The molecule has 0 saturated heterocycles. The molecule has 0 saturated carbocycles. The van der Waals surface area contributed by atoms with E-state index < -0.39 is 0 Å². The molecule has 0 bridgehead atoms. The fourth-order valence-corrected chi connectivity index (χ4v) is 1.26. The minimum Gasteiger partial charge on any atom is -0.392 e. The molecule has 0 atom stereocenters. The van der Waals surface area contributed by atoms with Crippen LogP contribution >= 0.6 is 15.9 Å². The van der Waals surface area contributed by atoms with Crippen molar-refractivity contribution in [1.82, 2.24) is 0 Å². The lowest BCUT2D eigenvalue weighted by Crippen LogP contribution is -1.87. The Bertz CT molecular complexity index is 334. The highest BCUT2D eigenvalue weighted by Crippen LogP contribution is 2.17. The second-order valence-electron chi connectivity index (χ2n) is 2.81. The summed E-state index contributed by atoms with van der Waals surface area (Å²) in [6.45, 7) is 1.71. The molecule has 1 nitrogen and oxygen atoms in total. The monoisotopic (exact) mass is 244 g/mol. The van der Waals surface area contributed by atoms with Crippen LogP contribution in [0.4, 0.5) is 4.39 Å². The smallest absolute Gasteiger partial charge is 0.131 e. The third kappa shape index (κ3) is 2.94. The molecule has 0 aliphatic heterocycles. The van der Waals surface area contributed by atoms with Crippen molar-refractivity contribution in [2.45, 2.75) is 6.92 Å². The first-order chi connectivity index (χ1) is 6.13. The lowest BCUT2D eigenvalue weighted by molar-refractivity contribution is 0.332. The molecule has 3 heteroatoms. The summed E-state index contributed by atoms with van der Waals surface area (Å²) in [5, 5.41) is 8.74. The Morgan fingerprint density at radius 2 is 2.31 bits per heavy atom. The standard InChI is InChI=1S/C10H10BrFO/c1-7(6-13)4-8-2-3-9(11)5-10(8)12/h2-5,13H,6H2,1H3/b7-4-. The molecule has 0 aliphatic carbocycles. The van der Waals surface area contributed by atoms with Crippen molar-refractivity contribution < 1.29 is 9.50 Å². The molecule has 0 spiro atoms. The van der Waals surface area contributed by atoms with Gasteiger partial charge in [0.15, 0.2) is 0 Å². The molecule has 1 N–H and O–H groups in total. The van der Waals surface area contributed by atoms with E-state index in [1.807, 2.05) is 0 Å². The minimum atomic E-state index is -0.290. The first-order valence-corrected chi connectivity index (χ1v) is 4.66. The van der Waals surface area contributed by atoms with Gasteiger partial charge in [-0.25, -0.2) is 4.39 Å². The van der Waals surface area contributed by atoms with Gasteiger partial charge in [0.1, 0.15) is 5.82 Å². The number of aliphatic hydroxyl groups is 1. The van der Waals surface area contributed by atoms with Gasteiger partial charge in [-0.1, -0.05) is 28.1 Å². The maximum Gasteiger partial charge on any atom is 0.131 e. The average Bonchev–Trinajstić information content (AvgIpc) is 2.09. The van der Waals surface area contributed by atoms with Gasteiger partial charge in [-0.3, -0.25) is 0 Å². The summed E-state index contributed by atoms with van der Waals surface area (Å²) < 4.78 is 13.9. The van der Waals surface area contributed by atoms with Gasteiger partial charge in [0.2, 0.25) is 0 Å². The van der Waals surface area contributed by atoms with E-state index in [0.717, 1.165) is 5.57 Å². The van der Waals surface area contributed by atoms with Crippen LogP contribution < -0.4 is 0 Å². The minimum absolute atomic E-state index is 0.0461. The van der Waals surface area contributed by atoms with Crippen molar-refractivity contribution in [2.75, 3.05) is 6.61 Å². The van der Waals surface area contributed by atoms with Crippen molar-refractivity contribution >= 4 is 22.0 Å². The molecule has 1 rings (SSSR count). The molecule has 0 amide bonds. The number of aliphatic hydroxyl groups excluding tert-OH is 1. The number of benzene rings is 1. The van der Waals surface area contributed by atoms with Gasteiger partial charge in [0.25, 0.3) is 0 Å². The normalized spacial score (nSPS) is 11.8. The average molecular weight is 245 g/mol. The number of rotatable bonds is 2. The zero-order valence-corrected chi connectivity index (χ0v) is 8.81. The lowest BCUT2D eigenvalue weighted by atomic mass is 10.1. The van der Waals surface area contributed by atoms with Gasteiger partial charge in [-0.15, -0.1) is 0 Å². The summed E-state index contributed by atoms with van der Waals surface area (Å²) in [6, 6.07) is 4.83. The van der Waals surface area contributed by atoms with E-state index in [1.165, 1.54) is 6.07 Å². The number of halogens is 2. The van der Waals surface area contributed by atoms with Crippen molar-refractivity contribution in [3.63, 3.8) is 0 Å². The third-order valence-electron chi connectivity index (χ3n) is 1.61. The summed E-state index contributed by atoms with van der Waals surface area (Å²) in [6.07, 6.45) is 1.63. The summed E-state index contributed by atoms with van der Waals surface area (Å²) in [5.74, 6) is -0.290. The van der Waals surface area contributed by atoms with E-state index in [-0.39, 0.29) is 12.4 Å². The molecule has 0 aromatic heterocycles. The zero-order valence-electron chi connectivity index (χ0n) is 7.22. The SMILES string of the molecule is C/C(=C/c1ccc(Br)cc1F)CO. The Morgan fingerprint density at radius 1 is 1.62 bits per heavy atom. The van der Waals surface area contributed by atoms with Crippen molar-refractivity contribution in [2.24, 2.45) is 0 Å². The highest BCUT2D eigenvalue weighted by atomic mass is 79.9. The molecule has 1 aromatic rings. The summed E-state index contributed by atoms with van der Waals surface area (Å²) in [4.78, 5) is 0. The highest BCUT2D eigenvalue weighted by Gasteiger charge is 1.99. The van der Waals surface area contributed by atoms with E-state index >= 15 is 0 Å². The van der Waals surface area contributed by atoms with Crippen LogP contribution in [-0.4, -0.2) is 11.7 Å². The maximum absolute atomic E-state index is 13.2. The second-order valence-corrected chi connectivity index (χ2v) is 3.73. The molecule has 1 aromatic carbocycles. The molecule has 0 radical (unpaired) electrons. The highest BCUT2D eigenvalue weighted by molar-refractivity contribution is 9.10. The summed E-state index contributed by atoms with van der Waals surface area (Å²) >= 11 is 3.17. The molecular weight excluding hydrogens is 235 g/mol. The van der Waals surface area contributed by atoms with E-state index in [9.17, 15) is 4.39 Å². The Balaban J connectivity index is 3.03. The molecular formula is C10H10BrFO. The predicted octanol–water partition coefficient (Wildman–Crippen LogP) is 2.98. The molecule has 0 unspecified atom stereocenters. The van der Waals surface area contributed by atoms with Gasteiger partial charge >= 0.3 is 0 Å². The quantitative estimate of drug-likeness (QED) is 0.849. The zero-order chi connectivity index (χ0) is 9.84. The van der Waals surface area contributed by atoms with Crippen LogP contribution in [0.2, 0.25) is 0 Å². The molecule has 0 fully saturated rings. The lowest BCUT2D eigenvalue weighted by Gasteiger charge is -1.99. The molecule has 13 heavy (non-hydrogen) atoms.